The predicted octanol–water partition coefficient (Wildman–Crippen LogP) is 4.52. The summed E-state index contributed by atoms with van der Waals surface area (Å²) in [5.74, 6) is -0.446. The number of hydrogen-bond acceptors (Lipinski definition) is 3. The number of aromatic nitrogens is 1. The molecule has 2 heterocycles. The smallest absolute Gasteiger partial charge is 0.270 e. The van der Waals surface area contributed by atoms with Gasteiger partial charge in [-0.2, -0.15) is 0 Å². The monoisotopic (exact) mass is 408 g/mol. The second-order valence-corrected chi connectivity index (χ2v) is 7.80. The lowest BCUT2D eigenvalue weighted by Gasteiger charge is -2.23. The highest BCUT2D eigenvalue weighted by molar-refractivity contribution is 7.17. The van der Waals surface area contributed by atoms with Gasteiger partial charge in [0.15, 0.2) is 0 Å². The largest absolute Gasteiger partial charge is 0.395 e. The molecule has 4 aromatic rings. The molecule has 0 spiro atoms. The molecule has 0 aliphatic heterocycles. The van der Waals surface area contributed by atoms with Gasteiger partial charge in [0.25, 0.3) is 5.91 Å². The summed E-state index contributed by atoms with van der Waals surface area (Å²) in [6, 6.07) is 20.0. The fourth-order valence-electron chi connectivity index (χ4n) is 3.48. The van der Waals surface area contributed by atoms with Gasteiger partial charge < -0.3 is 14.6 Å². The second-order valence-electron chi connectivity index (χ2n) is 6.85. The number of benzene rings is 2. The number of carbonyl (C=O) groups excluding carboxylic acids is 1. The van der Waals surface area contributed by atoms with E-state index in [-0.39, 0.29) is 24.9 Å². The molecule has 148 valence electrons. The zero-order valence-corrected chi connectivity index (χ0v) is 16.6. The van der Waals surface area contributed by atoms with Gasteiger partial charge in [0.1, 0.15) is 11.5 Å². The molecular formula is C23H21FN2O2S. The van der Waals surface area contributed by atoms with Crippen molar-refractivity contribution >= 4 is 27.5 Å². The van der Waals surface area contributed by atoms with Gasteiger partial charge in [-0.1, -0.05) is 42.5 Å². The van der Waals surface area contributed by atoms with Crippen LogP contribution in [0.3, 0.4) is 0 Å². The molecule has 0 unspecified atom stereocenters. The first-order valence-corrected chi connectivity index (χ1v) is 10.3. The van der Waals surface area contributed by atoms with Crippen molar-refractivity contribution in [2.45, 2.75) is 13.1 Å². The third kappa shape index (κ3) is 4.23. The third-order valence-electron chi connectivity index (χ3n) is 4.84. The highest BCUT2D eigenvalue weighted by Gasteiger charge is 2.22. The second kappa shape index (κ2) is 8.59. The van der Waals surface area contributed by atoms with E-state index in [2.05, 4.69) is 0 Å². The van der Waals surface area contributed by atoms with E-state index in [0.717, 1.165) is 21.3 Å². The van der Waals surface area contributed by atoms with Crippen LogP contribution in [0.15, 0.2) is 72.1 Å². The lowest BCUT2D eigenvalue weighted by atomic mass is 10.2. The summed E-state index contributed by atoms with van der Waals surface area (Å²) >= 11 is 1.57. The Hall–Kier alpha value is -2.96. The van der Waals surface area contributed by atoms with Crippen molar-refractivity contribution < 1.29 is 14.3 Å². The Morgan fingerprint density at radius 1 is 1.03 bits per heavy atom. The molecule has 4 rings (SSSR count). The predicted molar refractivity (Wildman–Crippen MR) is 114 cm³/mol. The minimum absolute atomic E-state index is 0.114. The minimum atomic E-state index is -0.296. The maximum Gasteiger partial charge on any atom is 0.270 e. The third-order valence-corrected chi connectivity index (χ3v) is 5.70. The Balaban J connectivity index is 1.69. The Bertz CT molecular complexity index is 1120. The van der Waals surface area contributed by atoms with E-state index >= 15 is 0 Å². The van der Waals surface area contributed by atoms with E-state index in [0.29, 0.717) is 18.8 Å². The molecular weight excluding hydrogens is 387 g/mol. The van der Waals surface area contributed by atoms with Crippen molar-refractivity contribution in [3.63, 3.8) is 0 Å². The molecule has 0 saturated heterocycles. The number of thiophene rings is 1. The van der Waals surface area contributed by atoms with Gasteiger partial charge in [-0.05, 0) is 40.8 Å². The van der Waals surface area contributed by atoms with E-state index in [4.69, 9.17) is 0 Å². The molecule has 2 aromatic heterocycles. The molecule has 1 amide bonds. The molecule has 2 aromatic carbocycles. The van der Waals surface area contributed by atoms with Gasteiger partial charge >= 0.3 is 0 Å². The zero-order chi connectivity index (χ0) is 20.2. The van der Waals surface area contributed by atoms with E-state index < -0.39 is 0 Å². The van der Waals surface area contributed by atoms with E-state index in [1.165, 1.54) is 12.1 Å². The van der Waals surface area contributed by atoms with Crippen molar-refractivity contribution in [3.8, 4) is 0 Å². The van der Waals surface area contributed by atoms with Crippen molar-refractivity contribution in [2.75, 3.05) is 13.2 Å². The first kappa shape index (κ1) is 19.4. The highest BCUT2D eigenvalue weighted by atomic mass is 32.1. The van der Waals surface area contributed by atoms with Crippen LogP contribution in [-0.4, -0.2) is 33.6 Å². The zero-order valence-electron chi connectivity index (χ0n) is 15.8. The van der Waals surface area contributed by atoms with Crippen molar-refractivity contribution in [3.05, 3.63) is 94.7 Å². The van der Waals surface area contributed by atoms with E-state index in [9.17, 15) is 14.3 Å². The SMILES string of the molecule is O=C(c1cc2sccc2n1Cc1cccc(F)c1)N(CCO)Cc1ccccc1. The molecule has 0 aliphatic carbocycles. The average molecular weight is 408 g/mol. The number of aliphatic hydroxyl groups is 1. The quantitative estimate of drug-likeness (QED) is 0.489. The van der Waals surface area contributed by atoms with E-state index in [1.807, 2.05) is 58.5 Å². The fourth-order valence-corrected chi connectivity index (χ4v) is 4.30. The topological polar surface area (TPSA) is 45.5 Å². The molecule has 29 heavy (non-hydrogen) atoms. The number of nitrogens with zero attached hydrogens (tertiary/aromatic N) is 2. The van der Waals surface area contributed by atoms with Crippen LogP contribution in [0.2, 0.25) is 0 Å². The van der Waals surface area contributed by atoms with Gasteiger partial charge in [-0.3, -0.25) is 4.79 Å². The molecule has 0 radical (unpaired) electrons. The van der Waals surface area contributed by atoms with Crippen LogP contribution in [0.5, 0.6) is 0 Å². The average Bonchev–Trinajstić information content (AvgIpc) is 3.31. The number of carbonyl (C=O) groups is 1. The van der Waals surface area contributed by atoms with Crippen LogP contribution in [0.4, 0.5) is 4.39 Å². The maximum absolute atomic E-state index is 13.7. The Morgan fingerprint density at radius 3 is 2.59 bits per heavy atom. The standard InChI is InChI=1S/C23H21FN2O2S/c24-19-8-4-7-18(13-19)16-26-20-9-12-29-22(20)14-21(26)23(28)25(10-11-27)15-17-5-2-1-3-6-17/h1-9,12-14,27H,10-11,15-16H2. The Labute approximate surface area is 172 Å². The summed E-state index contributed by atoms with van der Waals surface area (Å²) in [6.45, 7) is 0.945. The minimum Gasteiger partial charge on any atom is -0.395 e. The highest BCUT2D eigenvalue weighted by Crippen LogP contribution is 2.27. The normalized spacial score (nSPS) is 11.1. The first-order valence-electron chi connectivity index (χ1n) is 9.41. The van der Waals surface area contributed by atoms with Crippen LogP contribution < -0.4 is 0 Å². The van der Waals surface area contributed by atoms with Crippen molar-refractivity contribution in [1.29, 1.82) is 0 Å². The molecule has 0 atom stereocenters. The summed E-state index contributed by atoms with van der Waals surface area (Å²) in [7, 11) is 0. The Morgan fingerprint density at radius 2 is 1.83 bits per heavy atom. The lowest BCUT2D eigenvalue weighted by molar-refractivity contribution is 0.0698. The molecule has 4 nitrogen and oxygen atoms in total. The maximum atomic E-state index is 13.7. The van der Waals surface area contributed by atoms with Crippen molar-refractivity contribution in [1.82, 2.24) is 9.47 Å². The summed E-state index contributed by atoms with van der Waals surface area (Å²) in [4.78, 5) is 15.1. The number of amides is 1. The number of fused-ring (bicyclic) bond motifs is 1. The fraction of sp³-hybridized carbons (Fsp3) is 0.174. The van der Waals surface area contributed by atoms with Gasteiger partial charge in [-0.25, -0.2) is 4.39 Å². The van der Waals surface area contributed by atoms with Gasteiger partial charge in [0.05, 0.1) is 16.8 Å². The van der Waals surface area contributed by atoms with E-state index in [1.54, 1.807) is 22.3 Å². The summed E-state index contributed by atoms with van der Waals surface area (Å²) in [5.41, 5.74) is 3.28. The summed E-state index contributed by atoms with van der Waals surface area (Å²) < 4.78 is 16.6. The molecule has 0 aliphatic rings. The Kier molecular flexibility index (Phi) is 5.74. The molecule has 1 N–H and O–H groups in total. The molecule has 0 fully saturated rings. The van der Waals surface area contributed by atoms with Crippen LogP contribution in [0.25, 0.3) is 10.2 Å². The van der Waals surface area contributed by atoms with Crippen LogP contribution in [0, 0.1) is 5.82 Å². The van der Waals surface area contributed by atoms with Gasteiger partial charge in [0, 0.05) is 19.6 Å². The number of aliphatic hydroxyl groups excluding tert-OH is 1. The van der Waals surface area contributed by atoms with Gasteiger partial charge in [0.2, 0.25) is 0 Å². The summed E-state index contributed by atoms with van der Waals surface area (Å²) in [6.07, 6.45) is 0. The number of halogens is 1. The van der Waals surface area contributed by atoms with Crippen LogP contribution >= 0.6 is 11.3 Å². The van der Waals surface area contributed by atoms with Gasteiger partial charge in [-0.15, -0.1) is 11.3 Å². The van der Waals surface area contributed by atoms with Crippen LogP contribution in [0.1, 0.15) is 21.6 Å². The number of rotatable bonds is 7. The van der Waals surface area contributed by atoms with Crippen LogP contribution in [-0.2, 0) is 13.1 Å². The molecule has 0 bridgehead atoms. The lowest BCUT2D eigenvalue weighted by Crippen LogP contribution is -2.34. The number of hydrogen-bond donors (Lipinski definition) is 1. The summed E-state index contributed by atoms with van der Waals surface area (Å²) in [5, 5.41) is 11.5. The molecule has 6 heteroatoms. The molecule has 0 saturated carbocycles. The van der Waals surface area contributed by atoms with Crippen molar-refractivity contribution in [2.24, 2.45) is 0 Å². The first-order chi connectivity index (χ1) is 14.2.